The molecule has 0 spiro atoms. The quantitative estimate of drug-likeness (QED) is 0.396. The standard InChI is InChI=1S/C28H25N5OS2/c1-4-30-22-14-13-21(15-20(22)16-29)31-28-33(17-19-10-6-5-7-11-19)26(34)25(36-28)27-32(3)24-18(2)9-8-12-23(24)35-27/h5-15,30H,4,17H2,1-3H3/b27-25+,31-28?. The number of aryl methyl sites for hydroxylation is 1. The van der Waals surface area contributed by atoms with Gasteiger partial charge >= 0.3 is 0 Å². The first-order chi connectivity index (χ1) is 17.5. The van der Waals surface area contributed by atoms with Crippen LogP contribution in [0.4, 0.5) is 17.1 Å². The van der Waals surface area contributed by atoms with Gasteiger partial charge in [-0.05, 0) is 61.0 Å². The summed E-state index contributed by atoms with van der Waals surface area (Å²) in [6.45, 7) is 5.22. The van der Waals surface area contributed by atoms with Crippen LogP contribution in [-0.4, -0.2) is 29.6 Å². The largest absolute Gasteiger partial charge is 0.384 e. The fourth-order valence-electron chi connectivity index (χ4n) is 4.29. The number of aliphatic imine (C=N–C) groups is 1. The van der Waals surface area contributed by atoms with E-state index in [-0.39, 0.29) is 5.91 Å². The number of rotatable bonds is 5. The molecular formula is C28H25N5OS2. The number of para-hydroxylation sites is 1. The van der Waals surface area contributed by atoms with Gasteiger partial charge in [0, 0.05) is 18.5 Å². The Hall–Kier alpha value is -3.67. The summed E-state index contributed by atoms with van der Waals surface area (Å²) < 4.78 is 0. The third-order valence-electron chi connectivity index (χ3n) is 6.00. The third-order valence-corrected chi connectivity index (χ3v) is 8.42. The Labute approximate surface area is 219 Å². The molecule has 2 aliphatic rings. The van der Waals surface area contributed by atoms with E-state index in [0.29, 0.717) is 27.9 Å². The van der Waals surface area contributed by atoms with Crippen LogP contribution in [0.3, 0.4) is 0 Å². The SMILES string of the molecule is CCNc1ccc(N=C2S/C(=C3/Sc4cccc(C)c4N3C)C(=O)N2Cc2ccccc2)cc1C#N. The maximum atomic E-state index is 13.8. The fraction of sp³-hybridized carbons (Fsp3) is 0.179. The van der Waals surface area contributed by atoms with E-state index in [2.05, 4.69) is 35.3 Å². The van der Waals surface area contributed by atoms with Crippen molar-refractivity contribution >= 4 is 51.7 Å². The molecule has 2 heterocycles. The monoisotopic (exact) mass is 511 g/mol. The van der Waals surface area contributed by atoms with Gasteiger partial charge in [0.25, 0.3) is 5.91 Å². The number of carbonyl (C=O) groups excluding carboxylic acids is 1. The van der Waals surface area contributed by atoms with Crippen LogP contribution in [0.5, 0.6) is 0 Å². The molecule has 0 atom stereocenters. The van der Waals surface area contributed by atoms with Gasteiger partial charge in [0.2, 0.25) is 0 Å². The van der Waals surface area contributed by atoms with Gasteiger partial charge in [-0.1, -0.05) is 54.2 Å². The van der Waals surface area contributed by atoms with E-state index in [1.165, 1.54) is 17.3 Å². The number of thioether (sulfide) groups is 2. The van der Waals surface area contributed by atoms with E-state index in [9.17, 15) is 10.1 Å². The lowest BCUT2D eigenvalue weighted by atomic mass is 10.1. The molecule has 0 aromatic heterocycles. The summed E-state index contributed by atoms with van der Waals surface area (Å²) in [5.41, 5.74) is 5.28. The zero-order valence-corrected chi connectivity index (χ0v) is 21.9. The van der Waals surface area contributed by atoms with Crippen molar-refractivity contribution in [3.05, 3.63) is 93.4 Å². The topological polar surface area (TPSA) is 71.7 Å². The average molecular weight is 512 g/mol. The maximum Gasteiger partial charge on any atom is 0.269 e. The minimum absolute atomic E-state index is 0.0628. The van der Waals surface area contributed by atoms with E-state index >= 15 is 0 Å². The molecule has 0 radical (unpaired) electrons. The molecule has 3 aromatic rings. The molecule has 0 saturated carbocycles. The highest BCUT2D eigenvalue weighted by molar-refractivity contribution is 8.19. The molecule has 0 unspecified atom stereocenters. The Morgan fingerprint density at radius 2 is 1.86 bits per heavy atom. The molecule has 6 nitrogen and oxygen atoms in total. The van der Waals surface area contributed by atoms with Crippen molar-refractivity contribution in [3.63, 3.8) is 0 Å². The van der Waals surface area contributed by atoms with E-state index in [4.69, 9.17) is 4.99 Å². The summed E-state index contributed by atoms with van der Waals surface area (Å²) in [4.78, 5) is 24.3. The van der Waals surface area contributed by atoms with Gasteiger partial charge in [-0.2, -0.15) is 5.26 Å². The number of benzene rings is 3. The normalized spacial score (nSPS) is 18.1. The second-order valence-corrected chi connectivity index (χ2v) is 10.5. The molecule has 5 rings (SSSR count). The minimum Gasteiger partial charge on any atom is -0.384 e. The Balaban J connectivity index is 1.56. The molecular weight excluding hydrogens is 486 g/mol. The lowest BCUT2D eigenvalue weighted by Crippen LogP contribution is -2.29. The molecule has 8 heteroatoms. The first kappa shape index (κ1) is 24.0. The van der Waals surface area contributed by atoms with E-state index in [1.807, 2.05) is 62.5 Å². The van der Waals surface area contributed by atoms with Crippen molar-refractivity contribution in [2.24, 2.45) is 4.99 Å². The number of hydrogen-bond acceptors (Lipinski definition) is 7. The summed E-state index contributed by atoms with van der Waals surface area (Å²) in [6, 6.07) is 23.9. The van der Waals surface area contributed by atoms with E-state index in [0.717, 1.165) is 33.4 Å². The molecule has 1 saturated heterocycles. The summed E-state index contributed by atoms with van der Waals surface area (Å²) in [7, 11) is 2.01. The number of amidine groups is 1. The highest BCUT2D eigenvalue weighted by Crippen LogP contribution is 2.51. The Bertz CT molecular complexity index is 1440. The first-order valence-electron chi connectivity index (χ1n) is 11.7. The zero-order chi connectivity index (χ0) is 25.2. The van der Waals surface area contributed by atoms with Crippen molar-refractivity contribution in [2.75, 3.05) is 23.8 Å². The Morgan fingerprint density at radius 3 is 2.58 bits per heavy atom. The van der Waals surface area contributed by atoms with Crippen molar-refractivity contribution in [1.82, 2.24) is 4.90 Å². The number of carbonyl (C=O) groups is 1. The summed E-state index contributed by atoms with van der Waals surface area (Å²) in [6.07, 6.45) is 0. The van der Waals surface area contributed by atoms with Gasteiger partial charge in [0.05, 0.1) is 34.2 Å². The van der Waals surface area contributed by atoms with Crippen molar-refractivity contribution in [1.29, 1.82) is 5.26 Å². The van der Waals surface area contributed by atoms with Crippen LogP contribution in [0.25, 0.3) is 0 Å². The van der Waals surface area contributed by atoms with Gasteiger partial charge in [-0.15, -0.1) is 0 Å². The predicted molar refractivity (Wildman–Crippen MR) is 149 cm³/mol. The summed E-state index contributed by atoms with van der Waals surface area (Å²) in [5.74, 6) is -0.0628. The number of nitrogens with one attached hydrogen (secondary N) is 1. The lowest BCUT2D eigenvalue weighted by molar-refractivity contribution is -0.122. The minimum atomic E-state index is -0.0628. The fourth-order valence-corrected chi connectivity index (χ4v) is 6.71. The van der Waals surface area contributed by atoms with Crippen LogP contribution in [0.15, 0.2) is 86.6 Å². The molecule has 0 bridgehead atoms. The van der Waals surface area contributed by atoms with Crippen LogP contribution < -0.4 is 10.2 Å². The van der Waals surface area contributed by atoms with Crippen LogP contribution >= 0.6 is 23.5 Å². The first-order valence-corrected chi connectivity index (χ1v) is 13.3. The number of anilines is 2. The van der Waals surface area contributed by atoms with Gasteiger partial charge in [-0.3, -0.25) is 9.69 Å². The van der Waals surface area contributed by atoms with Crippen LogP contribution in [0.2, 0.25) is 0 Å². The van der Waals surface area contributed by atoms with Crippen LogP contribution in [0.1, 0.15) is 23.6 Å². The predicted octanol–water partition coefficient (Wildman–Crippen LogP) is 6.47. The maximum absolute atomic E-state index is 13.8. The molecule has 36 heavy (non-hydrogen) atoms. The average Bonchev–Trinajstić information content (AvgIpc) is 3.38. The van der Waals surface area contributed by atoms with Gasteiger partial charge in [0.15, 0.2) is 5.17 Å². The molecule has 1 N–H and O–H groups in total. The molecule has 3 aromatic carbocycles. The summed E-state index contributed by atoms with van der Waals surface area (Å²) in [5, 5.41) is 14.3. The third kappa shape index (κ3) is 4.48. The number of fused-ring (bicyclic) bond motifs is 1. The number of amides is 1. The van der Waals surface area contributed by atoms with Gasteiger partial charge in [-0.25, -0.2) is 4.99 Å². The smallest absolute Gasteiger partial charge is 0.269 e. The second kappa shape index (κ2) is 10.1. The van der Waals surface area contributed by atoms with Crippen LogP contribution in [-0.2, 0) is 11.3 Å². The Morgan fingerprint density at radius 1 is 1.06 bits per heavy atom. The molecule has 2 aliphatic heterocycles. The van der Waals surface area contributed by atoms with Gasteiger partial charge < -0.3 is 10.2 Å². The van der Waals surface area contributed by atoms with Crippen molar-refractivity contribution in [2.45, 2.75) is 25.3 Å². The highest BCUT2D eigenvalue weighted by Gasteiger charge is 2.39. The van der Waals surface area contributed by atoms with Crippen molar-refractivity contribution in [3.8, 4) is 6.07 Å². The van der Waals surface area contributed by atoms with Crippen LogP contribution in [0, 0.1) is 18.3 Å². The molecule has 180 valence electrons. The van der Waals surface area contributed by atoms with Crippen molar-refractivity contribution < 1.29 is 4.79 Å². The number of hydrogen-bond donors (Lipinski definition) is 1. The van der Waals surface area contributed by atoms with Gasteiger partial charge in [0.1, 0.15) is 11.0 Å². The summed E-state index contributed by atoms with van der Waals surface area (Å²) >= 11 is 3.01. The zero-order valence-electron chi connectivity index (χ0n) is 20.3. The Kier molecular flexibility index (Phi) is 6.77. The lowest BCUT2D eigenvalue weighted by Gasteiger charge is -2.17. The molecule has 1 fully saturated rings. The highest BCUT2D eigenvalue weighted by atomic mass is 32.2. The van der Waals surface area contributed by atoms with E-state index in [1.54, 1.807) is 22.7 Å². The second-order valence-electron chi connectivity index (χ2n) is 8.46. The molecule has 0 aliphatic carbocycles. The number of nitriles is 1. The molecule has 1 amide bonds. The van der Waals surface area contributed by atoms with E-state index < -0.39 is 0 Å². The number of nitrogens with zero attached hydrogens (tertiary/aromatic N) is 4.